The van der Waals surface area contributed by atoms with E-state index >= 15 is 0 Å². The van der Waals surface area contributed by atoms with E-state index in [9.17, 15) is 0 Å². The molecule has 1 atom stereocenters. The Hall–Kier alpha value is -2.90. The Morgan fingerprint density at radius 3 is 2.96 bits per heavy atom. The molecule has 0 spiro atoms. The number of nitriles is 1. The van der Waals surface area contributed by atoms with Crippen molar-refractivity contribution in [2.45, 2.75) is 12.5 Å². The molecule has 118 valence electrons. The lowest BCUT2D eigenvalue weighted by molar-refractivity contribution is 0.794. The summed E-state index contributed by atoms with van der Waals surface area (Å²) in [5.41, 5.74) is 3.95. The fourth-order valence-electron chi connectivity index (χ4n) is 3.25. The van der Waals surface area contributed by atoms with Gasteiger partial charge in [-0.05, 0) is 59.8 Å². The molecule has 0 radical (unpaired) electrons. The van der Waals surface area contributed by atoms with E-state index in [2.05, 4.69) is 33.8 Å². The molecular formula is C20H18N4. The predicted octanol–water partition coefficient (Wildman–Crippen LogP) is 3.55. The van der Waals surface area contributed by atoms with E-state index in [-0.39, 0.29) is 0 Å². The highest BCUT2D eigenvalue weighted by Gasteiger charge is 2.16. The van der Waals surface area contributed by atoms with Gasteiger partial charge in [0.2, 0.25) is 0 Å². The highest BCUT2D eigenvalue weighted by Crippen LogP contribution is 2.31. The van der Waals surface area contributed by atoms with Gasteiger partial charge in [-0.25, -0.2) is 0 Å². The number of rotatable bonds is 3. The van der Waals surface area contributed by atoms with E-state index in [0.717, 1.165) is 47.1 Å². The first-order valence-electron chi connectivity index (χ1n) is 8.19. The summed E-state index contributed by atoms with van der Waals surface area (Å²) in [7, 11) is 0. The van der Waals surface area contributed by atoms with Gasteiger partial charge in [0.25, 0.3) is 0 Å². The predicted molar refractivity (Wildman–Crippen MR) is 96.8 cm³/mol. The molecule has 0 amide bonds. The van der Waals surface area contributed by atoms with Crippen LogP contribution < -0.4 is 10.6 Å². The Bertz CT molecular complexity index is 920. The summed E-state index contributed by atoms with van der Waals surface area (Å²) in [6.45, 7) is 2.04. The minimum atomic E-state index is 0.439. The van der Waals surface area contributed by atoms with Crippen LogP contribution in [-0.4, -0.2) is 24.1 Å². The standard InChI is InChI=1S/C20H18N4/c21-11-14-2-1-3-15(8-14)17-9-16-4-6-23-13-19(16)20(10-17)24-18-5-7-22-12-18/h1-4,6,8-10,13,18,22,24H,5,7,12H2. The SMILES string of the molecule is N#Cc1cccc(-c2cc(NC3CCNC3)c3cnccc3c2)c1. The van der Waals surface area contributed by atoms with Gasteiger partial charge in [0.1, 0.15) is 0 Å². The number of benzene rings is 2. The summed E-state index contributed by atoms with van der Waals surface area (Å²) in [4.78, 5) is 4.28. The topological polar surface area (TPSA) is 60.7 Å². The molecule has 2 heterocycles. The molecule has 1 aromatic heterocycles. The summed E-state index contributed by atoms with van der Waals surface area (Å²) in [5, 5.41) is 18.5. The third kappa shape index (κ3) is 2.82. The fourth-order valence-corrected chi connectivity index (χ4v) is 3.25. The van der Waals surface area contributed by atoms with Gasteiger partial charge in [-0.3, -0.25) is 4.98 Å². The maximum Gasteiger partial charge on any atom is 0.0991 e. The number of hydrogen-bond donors (Lipinski definition) is 2. The van der Waals surface area contributed by atoms with E-state index in [0.29, 0.717) is 11.6 Å². The summed E-state index contributed by atoms with van der Waals surface area (Å²) in [5.74, 6) is 0. The van der Waals surface area contributed by atoms with E-state index in [4.69, 9.17) is 5.26 Å². The van der Waals surface area contributed by atoms with Gasteiger partial charge in [-0.1, -0.05) is 12.1 Å². The van der Waals surface area contributed by atoms with E-state index in [1.165, 1.54) is 0 Å². The number of nitrogens with one attached hydrogen (secondary N) is 2. The van der Waals surface area contributed by atoms with Crippen molar-refractivity contribution in [3.8, 4) is 17.2 Å². The van der Waals surface area contributed by atoms with Crippen LogP contribution >= 0.6 is 0 Å². The lowest BCUT2D eigenvalue weighted by Crippen LogP contribution is -2.22. The van der Waals surface area contributed by atoms with Crippen molar-refractivity contribution in [3.63, 3.8) is 0 Å². The molecule has 4 rings (SSSR count). The van der Waals surface area contributed by atoms with Crippen molar-refractivity contribution in [2.75, 3.05) is 18.4 Å². The number of nitrogens with zero attached hydrogens (tertiary/aromatic N) is 2. The minimum Gasteiger partial charge on any atom is -0.380 e. The van der Waals surface area contributed by atoms with E-state index in [1.807, 2.05) is 42.7 Å². The molecule has 0 aliphatic carbocycles. The molecular weight excluding hydrogens is 296 g/mol. The number of aromatic nitrogens is 1. The minimum absolute atomic E-state index is 0.439. The van der Waals surface area contributed by atoms with Crippen LogP contribution in [0.25, 0.3) is 21.9 Å². The molecule has 1 saturated heterocycles. The Labute approximate surface area is 141 Å². The number of fused-ring (bicyclic) bond motifs is 1. The van der Waals surface area contributed by atoms with Crippen LogP contribution in [-0.2, 0) is 0 Å². The average molecular weight is 314 g/mol. The highest BCUT2D eigenvalue weighted by molar-refractivity contribution is 5.97. The first kappa shape index (κ1) is 14.7. The van der Waals surface area contributed by atoms with Crippen LogP contribution in [0.2, 0.25) is 0 Å². The molecule has 3 aromatic rings. The van der Waals surface area contributed by atoms with Crippen molar-refractivity contribution >= 4 is 16.5 Å². The van der Waals surface area contributed by atoms with Gasteiger partial charge in [0.05, 0.1) is 11.6 Å². The van der Waals surface area contributed by atoms with Crippen LogP contribution in [0, 0.1) is 11.3 Å². The Kier molecular flexibility index (Phi) is 3.86. The van der Waals surface area contributed by atoms with Gasteiger partial charge in [0.15, 0.2) is 0 Å². The lowest BCUT2D eigenvalue weighted by Gasteiger charge is -2.17. The van der Waals surface area contributed by atoms with Crippen molar-refractivity contribution in [2.24, 2.45) is 0 Å². The van der Waals surface area contributed by atoms with Crippen LogP contribution in [0.15, 0.2) is 54.9 Å². The van der Waals surface area contributed by atoms with Gasteiger partial charge in [-0.2, -0.15) is 5.26 Å². The quantitative estimate of drug-likeness (QED) is 0.776. The smallest absolute Gasteiger partial charge is 0.0991 e. The first-order valence-corrected chi connectivity index (χ1v) is 8.19. The third-order valence-corrected chi connectivity index (χ3v) is 4.50. The van der Waals surface area contributed by atoms with Crippen molar-refractivity contribution in [1.29, 1.82) is 5.26 Å². The molecule has 1 unspecified atom stereocenters. The molecule has 1 aliphatic heterocycles. The van der Waals surface area contributed by atoms with Crippen LogP contribution in [0.4, 0.5) is 5.69 Å². The van der Waals surface area contributed by atoms with Crippen LogP contribution in [0.1, 0.15) is 12.0 Å². The van der Waals surface area contributed by atoms with Crippen molar-refractivity contribution < 1.29 is 0 Å². The number of pyridine rings is 1. The maximum absolute atomic E-state index is 9.15. The molecule has 24 heavy (non-hydrogen) atoms. The summed E-state index contributed by atoms with van der Waals surface area (Å²) < 4.78 is 0. The van der Waals surface area contributed by atoms with Gasteiger partial charge in [0, 0.05) is 36.1 Å². The fraction of sp³-hybridized carbons (Fsp3) is 0.200. The van der Waals surface area contributed by atoms with Gasteiger partial charge >= 0.3 is 0 Å². The van der Waals surface area contributed by atoms with Crippen LogP contribution in [0.5, 0.6) is 0 Å². The van der Waals surface area contributed by atoms with E-state index in [1.54, 1.807) is 0 Å². The number of hydrogen-bond acceptors (Lipinski definition) is 4. The monoisotopic (exact) mass is 314 g/mol. The molecule has 1 aliphatic rings. The Balaban J connectivity index is 1.82. The molecule has 4 heteroatoms. The van der Waals surface area contributed by atoms with Crippen LogP contribution in [0.3, 0.4) is 0 Å². The Morgan fingerprint density at radius 2 is 2.12 bits per heavy atom. The third-order valence-electron chi connectivity index (χ3n) is 4.50. The first-order chi connectivity index (χ1) is 11.8. The van der Waals surface area contributed by atoms with Gasteiger partial charge in [-0.15, -0.1) is 0 Å². The normalized spacial score (nSPS) is 16.9. The molecule has 0 saturated carbocycles. The van der Waals surface area contributed by atoms with E-state index < -0.39 is 0 Å². The maximum atomic E-state index is 9.15. The zero-order valence-corrected chi connectivity index (χ0v) is 13.3. The molecule has 4 nitrogen and oxygen atoms in total. The highest BCUT2D eigenvalue weighted by atomic mass is 15.0. The molecule has 2 N–H and O–H groups in total. The summed E-state index contributed by atoms with van der Waals surface area (Å²) in [6.07, 6.45) is 4.85. The second kappa shape index (κ2) is 6.31. The summed E-state index contributed by atoms with van der Waals surface area (Å²) in [6, 6.07) is 16.7. The largest absolute Gasteiger partial charge is 0.380 e. The zero-order valence-electron chi connectivity index (χ0n) is 13.3. The van der Waals surface area contributed by atoms with Crippen molar-refractivity contribution in [3.05, 3.63) is 60.4 Å². The zero-order chi connectivity index (χ0) is 16.4. The average Bonchev–Trinajstić information content (AvgIpc) is 3.15. The van der Waals surface area contributed by atoms with Gasteiger partial charge < -0.3 is 10.6 Å². The second-order valence-electron chi connectivity index (χ2n) is 6.15. The lowest BCUT2D eigenvalue weighted by atomic mass is 9.99. The second-order valence-corrected chi connectivity index (χ2v) is 6.15. The molecule has 0 bridgehead atoms. The summed E-state index contributed by atoms with van der Waals surface area (Å²) >= 11 is 0. The van der Waals surface area contributed by atoms with Crippen molar-refractivity contribution in [1.82, 2.24) is 10.3 Å². The number of anilines is 1. The Morgan fingerprint density at radius 1 is 1.17 bits per heavy atom. The molecule has 2 aromatic carbocycles. The molecule has 1 fully saturated rings.